The van der Waals surface area contributed by atoms with Crippen molar-refractivity contribution in [2.24, 2.45) is 0 Å². The number of pyridine rings is 1. The van der Waals surface area contributed by atoms with Crippen molar-refractivity contribution in [1.29, 1.82) is 0 Å². The van der Waals surface area contributed by atoms with E-state index < -0.39 is 0 Å². The zero-order chi connectivity index (χ0) is 10.4. The largest absolute Gasteiger partial charge is 0.491 e. The van der Waals surface area contributed by atoms with E-state index in [-0.39, 0.29) is 0 Å². The molecule has 1 aliphatic carbocycles. The molecular formula is C10H10ClN3O. The highest BCUT2D eigenvalue weighted by Crippen LogP contribution is 2.40. The van der Waals surface area contributed by atoms with Gasteiger partial charge in [0, 0.05) is 11.6 Å². The Labute approximate surface area is 91.8 Å². The quantitative estimate of drug-likeness (QED) is 0.735. The summed E-state index contributed by atoms with van der Waals surface area (Å²) in [4.78, 5) is 4.06. The van der Waals surface area contributed by atoms with E-state index in [9.17, 15) is 0 Å². The third-order valence-corrected chi connectivity index (χ3v) is 2.91. The lowest BCUT2D eigenvalue weighted by Gasteiger charge is -2.06. The number of ether oxygens (including phenoxy) is 1. The molecule has 1 fully saturated rings. The molecule has 0 atom stereocenters. The van der Waals surface area contributed by atoms with Gasteiger partial charge in [0.15, 0.2) is 10.9 Å². The van der Waals surface area contributed by atoms with Crippen molar-refractivity contribution in [3.8, 4) is 5.75 Å². The summed E-state index contributed by atoms with van der Waals surface area (Å²) in [6, 6.07) is 0.509. The summed E-state index contributed by atoms with van der Waals surface area (Å²) in [5.41, 5.74) is 0.958. The molecule has 0 aliphatic heterocycles. The minimum absolute atomic E-state index is 0.396. The zero-order valence-corrected chi connectivity index (χ0v) is 9.03. The SMILES string of the molecule is COc1c(Cl)ncc2cnn(C3CC3)c12. The summed E-state index contributed by atoms with van der Waals surface area (Å²) < 4.78 is 7.27. The fourth-order valence-corrected chi connectivity index (χ4v) is 1.98. The van der Waals surface area contributed by atoms with Gasteiger partial charge in [-0.25, -0.2) is 4.98 Å². The molecule has 0 radical (unpaired) electrons. The number of nitrogens with zero attached hydrogens (tertiary/aromatic N) is 3. The molecule has 5 heteroatoms. The maximum atomic E-state index is 5.98. The van der Waals surface area contributed by atoms with E-state index in [2.05, 4.69) is 10.1 Å². The first-order chi connectivity index (χ1) is 7.31. The molecule has 78 valence electrons. The molecule has 4 nitrogen and oxygen atoms in total. The van der Waals surface area contributed by atoms with Crippen LogP contribution in [-0.2, 0) is 0 Å². The molecule has 0 saturated heterocycles. The number of hydrogen-bond acceptors (Lipinski definition) is 3. The molecular weight excluding hydrogens is 214 g/mol. The molecule has 3 rings (SSSR count). The second kappa shape index (κ2) is 3.10. The van der Waals surface area contributed by atoms with Crippen molar-refractivity contribution in [2.75, 3.05) is 7.11 Å². The van der Waals surface area contributed by atoms with Crippen LogP contribution in [0.3, 0.4) is 0 Å². The average molecular weight is 224 g/mol. The lowest BCUT2D eigenvalue weighted by molar-refractivity contribution is 0.414. The molecule has 0 amide bonds. The van der Waals surface area contributed by atoms with Crippen LogP contribution in [0, 0.1) is 0 Å². The Kier molecular flexibility index (Phi) is 1.85. The standard InChI is InChI=1S/C10H10ClN3O/c1-15-9-8-6(4-12-10(9)11)5-13-14(8)7-2-3-7/h4-5,7H,2-3H2,1H3. The van der Waals surface area contributed by atoms with Gasteiger partial charge in [-0.05, 0) is 12.8 Å². The van der Waals surface area contributed by atoms with E-state index in [1.54, 1.807) is 19.5 Å². The van der Waals surface area contributed by atoms with Gasteiger partial charge < -0.3 is 4.74 Å². The molecule has 0 spiro atoms. The number of aromatic nitrogens is 3. The lowest BCUT2D eigenvalue weighted by Crippen LogP contribution is -1.98. The third-order valence-electron chi connectivity index (χ3n) is 2.64. The normalized spacial score (nSPS) is 15.9. The lowest BCUT2D eigenvalue weighted by atomic mass is 10.3. The van der Waals surface area contributed by atoms with E-state index in [4.69, 9.17) is 16.3 Å². The second-order valence-corrected chi connectivity index (χ2v) is 4.06. The first-order valence-electron chi connectivity index (χ1n) is 4.87. The van der Waals surface area contributed by atoms with Crippen LogP contribution < -0.4 is 4.74 Å². The molecule has 1 saturated carbocycles. The van der Waals surface area contributed by atoms with Crippen LogP contribution in [0.15, 0.2) is 12.4 Å². The molecule has 0 unspecified atom stereocenters. The summed E-state index contributed by atoms with van der Waals surface area (Å²) in [5.74, 6) is 0.624. The summed E-state index contributed by atoms with van der Waals surface area (Å²) >= 11 is 5.98. The van der Waals surface area contributed by atoms with Gasteiger partial charge in [0.2, 0.25) is 0 Å². The fourth-order valence-electron chi connectivity index (χ4n) is 1.76. The van der Waals surface area contributed by atoms with Gasteiger partial charge in [0.05, 0.1) is 19.3 Å². The second-order valence-electron chi connectivity index (χ2n) is 3.71. The Morgan fingerprint density at radius 3 is 2.93 bits per heavy atom. The van der Waals surface area contributed by atoms with Gasteiger partial charge in [0.1, 0.15) is 5.52 Å². The van der Waals surface area contributed by atoms with Crippen molar-refractivity contribution < 1.29 is 4.74 Å². The highest BCUT2D eigenvalue weighted by atomic mass is 35.5. The van der Waals surface area contributed by atoms with Crippen molar-refractivity contribution in [3.63, 3.8) is 0 Å². The minimum atomic E-state index is 0.396. The van der Waals surface area contributed by atoms with Crippen LogP contribution in [0.5, 0.6) is 5.75 Å². The summed E-state index contributed by atoms with van der Waals surface area (Å²) in [7, 11) is 1.60. The Morgan fingerprint density at radius 2 is 2.27 bits per heavy atom. The van der Waals surface area contributed by atoms with Crippen molar-refractivity contribution >= 4 is 22.5 Å². The number of fused-ring (bicyclic) bond motifs is 1. The fraction of sp³-hybridized carbons (Fsp3) is 0.400. The summed E-state index contributed by atoms with van der Waals surface area (Å²) in [5, 5.41) is 5.72. The van der Waals surface area contributed by atoms with E-state index in [0.29, 0.717) is 16.9 Å². The predicted molar refractivity (Wildman–Crippen MR) is 57.4 cm³/mol. The van der Waals surface area contributed by atoms with Crippen molar-refractivity contribution in [2.45, 2.75) is 18.9 Å². The van der Waals surface area contributed by atoms with Gasteiger partial charge in [0.25, 0.3) is 0 Å². The Bertz CT molecular complexity index is 519. The monoisotopic (exact) mass is 223 g/mol. The molecule has 0 N–H and O–H groups in total. The maximum Gasteiger partial charge on any atom is 0.182 e. The van der Waals surface area contributed by atoms with E-state index >= 15 is 0 Å². The van der Waals surface area contributed by atoms with Gasteiger partial charge in [-0.3, -0.25) is 4.68 Å². The van der Waals surface area contributed by atoms with Crippen molar-refractivity contribution in [3.05, 3.63) is 17.5 Å². The Hall–Kier alpha value is -1.29. The van der Waals surface area contributed by atoms with Gasteiger partial charge in [-0.15, -0.1) is 0 Å². The highest BCUT2D eigenvalue weighted by Gasteiger charge is 2.27. The van der Waals surface area contributed by atoms with Crippen LogP contribution in [-0.4, -0.2) is 21.9 Å². The highest BCUT2D eigenvalue weighted by molar-refractivity contribution is 6.31. The predicted octanol–water partition coefficient (Wildman–Crippen LogP) is 2.43. The zero-order valence-electron chi connectivity index (χ0n) is 8.27. The number of methoxy groups -OCH3 is 1. The van der Waals surface area contributed by atoms with E-state index in [1.807, 2.05) is 4.68 Å². The molecule has 2 aromatic rings. The van der Waals surface area contributed by atoms with Crippen LogP contribution in [0.25, 0.3) is 10.9 Å². The molecule has 2 heterocycles. The van der Waals surface area contributed by atoms with Crippen LogP contribution in [0.1, 0.15) is 18.9 Å². The number of hydrogen-bond donors (Lipinski definition) is 0. The minimum Gasteiger partial charge on any atom is -0.491 e. The summed E-state index contributed by atoms with van der Waals surface area (Å²) in [6.07, 6.45) is 5.89. The van der Waals surface area contributed by atoms with Crippen LogP contribution in [0.2, 0.25) is 5.15 Å². The summed E-state index contributed by atoms with van der Waals surface area (Å²) in [6.45, 7) is 0. The van der Waals surface area contributed by atoms with Gasteiger partial charge in [-0.1, -0.05) is 11.6 Å². The average Bonchev–Trinajstić information content (AvgIpc) is 2.99. The van der Waals surface area contributed by atoms with E-state index in [1.165, 1.54) is 12.8 Å². The number of rotatable bonds is 2. The van der Waals surface area contributed by atoms with Crippen LogP contribution >= 0.6 is 11.6 Å². The molecule has 15 heavy (non-hydrogen) atoms. The molecule has 0 aromatic carbocycles. The topological polar surface area (TPSA) is 39.9 Å². The maximum absolute atomic E-state index is 5.98. The first-order valence-corrected chi connectivity index (χ1v) is 5.24. The van der Waals surface area contributed by atoms with Crippen molar-refractivity contribution in [1.82, 2.24) is 14.8 Å². The Balaban J connectivity index is 2.33. The molecule has 1 aliphatic rings. The van der Waals surface area contributed by atoms with Gasteiger partial charge >= 0.3 is 0 Å². The first kappa shape index (κ1) is 8.97. The third kappa shape index (κ3) is 1.28. The molecule has 2 aromatic heterocycles. The number of halogens is 1. The van der Waals surface area contributed by atoms with Gasteiger partial charge in [-0.2, -0.15) is 5.10 Å². The Morgan fingerprint density at radius 1 is 1.47 bits per heavy atom. The van der Waals surface area contributed by atoms with E-state index in [0.717, 1.165) is 10.9 Å². The van der Waals surface area contributed by atoms with Crippen LogP contribution in [0.4, 0.5) is 0 Å². The molecule has 0 bridgehead atoms. The smallest absolute Gasteiger partial charge is 0.182 e.